The van der Waals surface area contributed by atoms with Crippen LogP contribution in [0.25, 0.3) is 0 Å². The van der Waals surface area contributed by atoms with Gasteiger partial charge in [-0.15, -0.1) is 0 Å². The number of hydrogen-bond donors (Lipinski definition) is 1. The van der Waals surface area contributed by atoms with Crippen molar-refractivity contribution in [3.63, 3.8) is 0 Å². The molecule has 0 aromatic heterocycles. The molecular formula is C10H14FN3. The van der Waals surface area contributed by atoms with Gasteiger partial charge in [0, 0.05) is 1.43 Å². The summed E-state index contributed by atoms with van der Waals surface area (Å²) >= 11 is 0. The number of aliphatic imine (C=N–C) groups is 2. The van der Waals surface area contributed by atoms with Gasteiger partial charge in [0.05, 0.1) is 5.69 Å². The highest BCUT2D eigenvalue weighted by molar-refractivity contribution is 5.84. The Morgan fingerprint density at radius 1 is 1.64 bits per heavy atom. The van der Waals surface area contributed by atoms with E-state index in [0.717, 1.165) is 0 Å². The summed E-state index contributed by atoms with van der Waals surface area (Å²) in [4.78, 5) is 7.25. The predicted molar refractivity (Wildman–Crippen MR) is 58.7 cm³/mol. The van der Waals surface area contributed by atoms with Gasteiger partial charge in [0.1, 0.15) is 5.82 Å². The van der Waals surface area contributed by atoms with Crippen LogP contribution in [0.1, 0.15) is 13.9 Å². The molecule has 0 saturated heterocycles. The zero-order chi connectivity index (χ0) is 10.6. The van der Waals surface area contributed by atoms with Crippen LogP contribution in [0.4, 0.5) is 10.1 Å². The zero-order valence-electron chi connectivity index (χ0n) is 8.00. The summed E-state index contributed by atoms with van der Waals surface area (Å²) in [7, 11) is 0. The van der Waals surface area contributed by atoms with Crippen LogP contribution in [-0.2, 0) is 6.42 Å². The maximum Gasteiger partial charge on any atom is 0.219 e. The Morgan fingerprint density at radius 2 is 2.36 bits per heavy atom. The van der Waals surface area contributed by atoms with Crippen LogP contribution < -0.4 is 5.73 Å². The second-order valence-corrected chi connectivity index (χ2v) is 2.76. The molecule has 4 heteroatoms. The van der Waals surface area contributed by atoms with Crippen LogP contribution in [0.15, 0.2) is 28.2 Å². The average molecular weight is 195 g/mol. The van der Waals surface area contributed by atoms with Crippen molar-refractivity contribution in [3.8, 4) is 0 Å². The lowest BCUT2D eigenvalue weighted by Crippen LogP contribution is -2.06. The molecule has 0 heterocycles. The fourth-order valence-corrected chi connectivity index (χ4v) is 1.06. The van der Waals surface area contributed by atoms with Gasteiger partial charge in [0.2, 0.25) is 5.96 Å². The van der Waals surface area contributed by atoms with Crippen molar-refractivity contribution in [1.82, 2.24) is 0 Å². The van der Waals surface area contributed by atoms with Gasteiger partial charge in [0.25, 0.3) is 0 Å². The first-order chi connectivity index (χ1) is 6.67. The first kappa shape index (κ1) is 10.4. The number of benzene rings is 1. The Hall–Kier alpha value is -1.71. The molecule has 0 atom stereocenters. The van der Waals surface area contributed by atoms with E-state index in [-0.39, 0.29) is 13.2 Å². The summed E-state index contributed by atoms with van der Waals surface area (Å²) in [6.07, 6.45) is 0.658. The monoisotopic (exact) mass is 195 g/mol. The third kappa shape index (κ3) is 2.39. The Morgan fingerprint density at radius 3 is 2.86 bits per heavy atom. The molecule has 14 heavy (non-hydrogen) atoms. The SMILES string of the molecule is C=NC(N)=Nc1ccc(CC)c(F)c1.[HH]. The molecule has 0 radical (unpaired) electrons. The molecule has 0 aliphatic rings. The van der Waals surface area contributed by atoms with Gasteiger partial charge in [-0.25, -0.2) is 14.4 Å². The summed E-state index contributed by atoms with van der Waals surface area (Å²) in [6.45, 7) is 5.10. The van der Waals surface area contributed by atoms with E-state index in [1.54, 1.807) is 12.1 Å². The molecule has 1 rings (SSSR count). The first-order valence-corrected chi connectivity index (χ1v) is 4.26. The van der Waals surface area contributed by atoms with E-state index in [2.05, 4.69) is 16.7 Å². The summed E-state index contributed by atoms with van der Waals surface area (Å²) in [5.41, 5.74) is 6.43. The number of nitrogens with zero attached hydrogens (tertiary/aromatic N) is 2. The largest absolute Gasteiger partial charge is 0.368 e. The van der Waals surface area contributed by atoms with Crippen molar-refractivity contribution in [2.45, 2.75) is 13.3 Å². The van der Waals surface area contributed by atoms with E-state index in [1.165, 1.54) is 6.07 Å². The molecule has 1 aromatic rings. The lowest BCUT2D eigenvalue weighted by atomic mass is 10.1. The second-order valence-electron chi connectivity index (χ2n) is 2.76. The Labute approximate surface area is 83.7 Å². The Bertz CT molecular complexity index is 377. The molecule has 0 unspecified atom stereocenters. The normalized spacial score (nSPS) is 11.4. The maximum absolute atomic E-state index is 13.2. The molecule has 1 aromatic carbocycles. The third-order valence-corrected chi connectivity index (χ3v) is 1.82. The molecule has 0 spiro atoms. The zero-order valence-corrected chi connectivity index (χ0v) is 8.00. The standard InChI is InChI=1S/C10H12FN3.H2/c1-3-7-4-5-8(6-9(7)11)14-10(12)13-2;/h4-6H,2-3H2,1H3,(H2,12,14);1H. The molecule has 0 amide bonds. The van der Waals surface area contributed by atoms with Crippen LogP contribution >= 0.6 is 0 Å². The van der Waals surface area contributed by atoms with Gasteiger partial charge in [-0.3, -0.25) is 0 Å². The smallest absolute Gasteiger partial charge is 0.219 e. The molecule has 3 nitrogen and oxygen atoms in total. The molecular weight excluding hydrogens is 181 g/mol. The highest BCUT2D eigenvalue weighted by Crippen LogP contribution is 2.17. The van der Waals surface area contributed by atoms with Crippen LogP contribution in [0.2, 0.25) is 0 Å². The number of rotatable bonds is 2. The van der Waals surface area contributed by atoms with Crippen molar-refractivity contribution in [2.24, 2.45) is 15.7 Å². The number of guanidine groups is 1. The lowest BCUT2D eigenvalue weighted by molar-refractivity contribution is 0.612. The first-order valence-electron chi connectivity index (χ1n) is 4.26. The van der Waals surface area contributed by atoms with Crippen molar-refractivity contribution < 1.29 is 5.82 Å². The van der Waals surface area contributed by atoms with E-state index in [9.17, 15) is 4.39 Å². The summed E-state index contributed by atoms with van der Waals surface area (Å²) in [5, 5.41) is 0. The lowest BCUT2D eigenvalue weighted by Gasteiger charge is -2.00. The maximum atomic E-state index is 13.2. The van der Waals surface area contributed by atoms with Gasteiger partial charge < -0.3 is 5.73 Å². The van der Waals surface area contributed by atoms with Crippen LogP contribution in [0.3, 0.4) is 0 Å². The minimum Gasteiger partial charge on any atom is -0.368 e. The number of nitrogens with two attached hydrogens (primary N) is 1. The highest BCUT2D eigenvalue weighted by atomic mass is 19.1. The average Bonchev–Trinajstić information content (AvgIpc) is 2.18. The van der Waals surface area contributed by atoms with E-state index < -0.39 is 0 Å². The van der Waals surface area contributed by atoms with Crippen molar-refractivity contribution >= 4 is 18.4 Å². The summed E-state index contributed by atoms with van der Waals surface area (Å²) in [6, 6.07) is 4.71. The second kappa shape index (κ2) is 4.50. The van der Waals surface area contributed by atoms with Crippen LogP contribution in [-0.4, -0.2) is 12.7 Å². The van der Waals surface area contributed by atoms with Gasteiger partial charge in [-0.2, -0.15) is 0 Å². The van der Waals surface area contributed by atoms with Gasteiger partial charge in [-0.1, -0.05) is 13.0 Å². The van der Waals surface area contributed by atoms with E-state index in [0.29, 0.717) is 17.7 Å². The fraction of sp³-hybridized carbons (Fsp3) is 0.200. The molecule has 2 N–H and O–H groups in total. The Balaban J connectivity index is 0.00000196. The summed E-state index contributed by atoms with van der Waals surface area (Å²) < 4.78 is 13.2. The quantitative estimate of drug-likeness (QED) is 0.571. The molecule has 0 bridgehead atoms. The Kier molecular flexibility index (Phi) is 3.34. The summed E-state index contributed by atoms with van der Waals surface area (Å²) in [5.74, 6) is -0.237. The van der Waals surface area contributed by atoms with Crippen LogP contribution in [0.5, 0.6) is 0 Å². The third-order valence-electron chi connectivity index (χ3n) is 1.82. The van der Waals surface area contributed by atoms with E-state index in [1.807, 2.05) is 6.92 Å². The molecule has 0 saturated carbocycles. The number of aryl methyl sites for hydroxylation is 1. The van der Waals surface area contributed by atoms with Gasteiger partial charge in [0.15, 0.2) is 0 Å². The molecule has 0 aliphatic carbocycles. The van der Waals surface area contributed by atoms with E-state index >= 15 is 0 Å². The minimum absolute atomic E-state index is 0. The van der Waals surface area contributed by atoms with Crippen molar-refractivity contribution in [1.29, 1.82) is 0 Å². The number of hydrogen-bond acceptors (Lipinski definition) is 1. The predicted octanol–water partition coefficient (Wildman–Crippen LogP) is 2.28. The van der Waals surface area contributed by atoms with Crippen molar-refractivity contribution in [3.05, 3.63) is 29.6 Å². The van der Waals surface area contributed by atoms with Gasteiger partial charge >= 0.3 is 0 Å². The minimum atomic E-state index is -0.273. The van der Waals surface area contributed by atoms with Crippen molar-refractivity contribution in [2.75, 3.05) is 0 Å². The van der Waals surface area contributed by atoms with Crippen LogP contribution in [0, 0.1) is 5.82 Å². The molecule has 0 aliphatic heterocycles. The fourth-order valence-electron chi connectivity index (χ4n) is 1.06. The molecule has 0 fully saturated rings. The number of halogens is 1. The molecule has 76 valence electrons. The van der Waals surface area contributed by atoms with Gasteiger partial charge in [-0.05, 0) is 30.8 Å². The van der Waals surface area contributed by atoms with E-state index in [4.69, 9.17) is 5.73 Å². The highest BCUT2D eigenvalue weighted by Gasteiger charge is 2.00. The topological polar surface area (TPSA) is 50.7 Å².